The normalized spacial score (nSPS) is 10.1. The highest BCUT2D eigenvalue weighted by Crippen LogP contribution is 2.22. The van der Waals surface area contributed by atoms with Crippen LogP contribution in [0.1, 0.15) is 5.56 Å². The van der Waals surface area contributed by atoms with Gasteiger partial charge in [0.1, 0.15) is 17.2 Å². The number of hydrogen-bond acceptors (Lipinski definition) is 3. The third-order valence-electron chi connectivity index (χ3n) is 3.48. The van der Waals surface area contributed by atoms with Crippen LogP contribution in [0.3, 0.4) is 0 Å². The van der Waals surface area contributed by atoms with E-state index in [1.54, 1.807) is 12.1 Å². The maximum Gasteiger partial charge on any atom is 0.262 e. The van der Waals surface area contributed by atoms with E-state index in [4.69, 9.17) is 9.47 Å². The molecule has 0 saturated heterocycles. The van der Waals surface area contributed by atoms with Gasteiger partial charge < -0.3 is 14.8 Å². The highest BCUT2D eigenvalue weighted by atomic mass is 16.5. The Balaban J connectivity index is 1.51. The summed E-state index contributed by atoms with van der Waals surface area (Å²) in [5.74, 6) is 1.95. The van der Waals surface area contributed by atoms with E-state index in [1.807, 2.05) is 73.7 Å². The first kappa shape index (κ1) is 16.6. The molecule has 0 unspecified atom stereocenters. The van der Waals surface area contributed by atoms with Gasteiger partial charge in [0.15, 0.2) is 6.61 Å². The van der Waals surface area contributed by atoms with Crippen LogP contribution in [0.25, 0.3) is 0 Å². The van der Waals surface area contributed by atoms with E-state index in [9.17, 15) is 4.79 Å². The van der Waals surface area contributed by atoms with Gasteiger partial charge in [-0.15, -0.1) is 0 Å². The second kappa shape index (κ2) is 8.02. The fourth-order valence-electron chi connectivity index (χ4n) is 2.28. The summed E-state index contributed by atoms with van der Waals surface area (Å²) < 4.78 is 11.2. The van der Waals surface area contributed by atoms with E-state index >= 15 is 0 Å². The first-order valence-corrected chi connectivity index (χ1v) is 8.01. The van der Waals surface area contributed by atoms with Gasteiger partial charge in [-0.05, 0) is 61.0 Å². The van der Waals surface area contributed by atoms with Crippen LogP contribution >= 0.6 is 0 Å². The zero-order valence-corrected chi connectivity index (χ0v) is 13.9. The van der Waals surface area contributed by atoms with Crippen molar-refractivity contribution in [3.63, 3.8) is 0 Å². The van der Waals surface area contributed by atoms with Gasteiger partial charge in [-0.2, -0.15) is 0 Å². The molecule has 0 aromatic heterocycles. The van der Waals surface area contributed by atoms with Gasteiger partial charge in [-0.1, -0.05) is 30.3 Å². The largest absolute Gasteiger partial charge is 0.484 e. The average molecular weight is 333 g/mol. The van der Waals surface area contributed by atoms with Crippen molar-refractivity contribution in [3.8, 4) is 17.2 Å². The summed E-state index contributed by atoms with van der Waals surface area (Å²) in [5, 5.41) is 2.80. The molecule has 1 amide bonds. The number of aryl methyl sites for hydroxylation is 1. The van der Waals surface area contributed by atoms with Crippen LogP contribution < -0.4 is 14.8 Å². The predicted octanol–water partition coefficient (Wildman–Crippen LogP) is 4.80. The number of amides is 1. The highest BCUT2D eigenvalue weighted by molar-refractivity contribution is 5.91. The Bertz CT molecular complexity index is 829. The molecule has 3 aromatic carbocycles. The fourth-order valence-corrected chi connectivity index (χ4v) is 2.28. The monoisotopic (exact) mass is 333 g/mol. The van der Waals surface area contributed by atoms with Gasteiger partial charge in [0.2, 0.25) is 0 Å². The third kappa shape index (κ3) is 5.11. The highest BCUT2D eigenvalue weighted by Gasteiger charge is 2.04. The minimum absolute atomic E-state index is 0.0360. The van der Waals surface area contributed by atoms with E-state index in [-0.39, 0.29) is 12.5 Å². The lowest BCUT2D eigenvalue weighted by Crippen LogP contribution is -2.20. The van der Waals surface area contributed by atoms with Crippen LogP contribution in [0.4, 0.5) is 5.69 Å². The molecule has 0 aliphatic heterocycles. The van der Waals surface area contributed by atoms with Crippen molar-refractivity contribution < 1.29 is 14.3 Å². The molecule has 0 radical (unpaired) electrons. The molecular formula is C21H19NO3. The minimum Gasteiger partial charge on any atom is -0.484 e. The summed E-state index contributed by atoms with van der Waals surface area (Å²) in [6.45, 7) is 1.94. The number of benzene rings is 3. The van der Waals surface area contributed by atoms with Crippen LogP contribution in [0.2, 0.25) is 0 Å². The van der Waals surface area contributed by atoms with Crippen LogP contribution in [0.5, 0.6) is 17.2 Å². The third-order valence-corrected chi connectivity index (χ3v) is 3.48. The lowest BCUT2D eigenvalue weighted by atomic mass is 10.2. The maximum absolute atomic E-state index is 12.0. The van der Waals surface area contributed by atoms with Crippen LogP contribution in [0, 0.1) is 6.92 Å². The van der Waals surface area contributed by atoms with E-state index in [0.717, 1.165) is 11.3 Å². The molecule has 25 heavy (non-hydrogen) atoms. The lowest BCUT2D eigenvalue weighted by molar-refractivity contribution is -0.118. The molecule has 1 N–H and O–H groups in total. The van der Waals surface area contributed by atoms with Gasteiger partial charge in [0, 0.05) is 5.69 Å². The summed E-state index contributed by atoms with van der Waals surface area (Å²) in [4.78, 5) is 12.0. The zero-order chi connectivity index (χ0) is 17.5. The number of nitrogens with one attached hydrogen (secondary N) is 1. The summed E-state index contributed by atoms with van der Waals surface area (Å²) in [6, 6.07) is 24.3. The second-order valence-electron chi connectivity index (χ2n) is 5.59. The van der Waals surface area contributed by atoms with E-state index in [1.165, 1.54) is 0 Å². The van der Waals surface area contributed by atoms with Crippen LogP contribution in [-0.2, 0) is 4.79 Å². The first-order chi connectivity index (χ1) is 12.2. The molecule has 0 atom stereocenters. The minimum atomic E-state index is -0.210. The predicted molar refractivity (Wildman–Crippen MR) is 98.3 cm³/mol. The quantitative estimate of drug-likeness (QED) is 0.704. The molecule has 0 heterocycles. The molecule has 126 valence electrons. The van der Waals surface area contributed by atoms with Gasteiger partial charge in [0.25, 0.3) is 5.91 Å². The van der Waals surface area contributed by atoms with Crippen LogP contribution in [-0.4, -0.2) is 12.5 Å². The van der Waals surface area contributed by atoms with Gasteiger partial charge >= 0.3 is 0 Å². The van der Waals surface area contributed by atoms with E-state index < -0.39 is 0 Å². The fraction of sp³-hybridized carbons (Fsp3) is 0.0952. The molecule has 0 fully saturated rings. The Morgan fingerprint density at radius 2 is 1.52 bits per heavy atom. The van der Waals surface area contributed by atoms with Gasteiger partial charge in [-0.3, -0.25) is 4.79 Å². The Kier molecular flexibility index (Phi) is 5.32. The molecule has 0 bridgehead atoms. The van der Waals surface area contributed by atoms with Crippen molar-refractivity contribution >= 4 is 11.6 Å². The summed E-state index contributed by atoms with van der Waals surface area (Å²) in [7, 11) is 0. The topological polar surface area (TPSA) is 47.6 Å². The molecular weight excluding hydrogens is 314 g/mol. The molecule has 3 aromatic rings. The maximum atomic E-state index is 12.0. The molecule has 0 spiro atoms. The number of carbonyl (C=O) groups excluding carboxylic acids is 1. The SMILES string of the molecule is Cc1cccc(OCC(=O)Nc2ccc(Oc3ccccc3)cc2)c1. The smallest absolute Gasteiger partial charge is 0.262 e. The zero-order valence-electron chi connectivity index (χ0n) is 13.9. The number of hydrogen-bond donors (Lipinski definition) is 1. The Morgan fingerprint density at radius 3 is 2.24 bits per heavy atom. The number of ether oxygens (including phenoxy) is 2. The average Bonchev–Trinajstić information content (AvgIpc) is 2.63. The van der Waals surface area contributed by atoms with Crippen molar-refractivity contribution in [1.29, 1.82) is 0 Å². The number of para-hydroxylation sites is 1. The number of carbonyl (C=O) groups is 1. The van der Waals surface area contributed by atoms with Crippen molar-refractivity contribution in [2.45, 2.75) is 6.92 Å². The van der Waals surface area contributed by atoms with E-state index in [2.05, 4.69) is 5.32 Å². The lowest BCUT2D eigenvalue weighted by Gasteiger charge is -2.09. The van der Waals surface area contributed by atoms with Gasteiger partial charge in [0.05, 0.1) is 0 Å². The molecule has 4 heteroatoms. The summed E-state index contributed by atoms with van der Waals surface area (Å²) in [5.41, 5.74) is 1.78. The Morgan fingerprint density at radius 1 is 0.840 bits per heavy atom. The molecule has 4 nitrogen and oxygen atoms in total. The van der Waals surface area contributed by atoms with Crippen molar-refractivity contribution in [1.82, 2.24) is 0 Å². The molecule has 0 saturated carbocycles. The Labute approximate surface area is 147 Å². The van der Waals surface area contributed by atoms with E-state index in [0.29, 0.717) is 17.2 Å². The van der Waals surface area contributed by atoms with Gasteiger partial charge in [-0.25, -0.2) is 0 Å². The summed E-state index contributed by atoms with van der Waals surface area (Å²) >= 11 is 0. The second-order valence-corrected chi connectivity index (χ2v) is 5.59. The Hall–Kier alpha value is -3.27. The van der Waals surface area contributed by atoms with Crippen LogP contribution in [0.15, 0.2) is 78.9 Å². The summed E-state index contributed by atoms with van der Waals surface area (Å²) in [6.07, 6.45) is 0. The number of rotatable bonds is 6. The standard InChI is InChI=1S/C21H19NO3/c1-16-6-5-9-20(14-16)24-15-21(23)22-17-10-12-19(13-11-17)25-18-7-3-2-4-8-18/h2-14H,15H2,1H3,(H,22,23). The van der Waals surface area contributed by atoms with Crippen molar-refractivity contribution in [3.05, 3.63) is 84.4 Å². The van der Waals surface area contributed by atoms with Crippen molar-refractivity contribution in [2.75, 3.05) is 11.9 Å². The molecule has 0 aliphatic rings. The number of anilines is 1. The molecule has 0 aliphatic carbocycles. The molecule has 3 rings (SSSR count). The van der Waals surface area contributed by atoms with Crippen molar-refractivity contribution in [2.24, 2.45) is 0 Å². The first-order valence-electron chi connectivity index (χ1n) is 8.01.